The van der Waals surface area contributed by atoms with Crippen molar-refractivity contribution in [3.05, 3.63) is 126 Å². The Morgan fingerprint density at radius 1 is 0.536 bits per heavy atom. The summed E-state index contributed by atoms with van der Waals surface area (Å²) in [5.41, 5.74) is 2.77. The van der Waals surface area contributed by atoms with E-state index in [4.69, 9.17) is 0 Å². The summed E-state index contributed by atoms with van der Waals surface area (Å²) < 4.78 is 0. The molecule has 0 saturated carbocycles. The number of benzene rings is 4. The van der Waals surface area contributed by atoms with E-state index in [1.807, 2.05) is 0 Å². The van der Waals surface area contributed by atoms with Crippen LogP contribution in [0.15, 0.2) is 115 Å². The van der Waals surface area contributed by atoms with Crippen molar-refractivity contribution >= 4 is 36.4 Å². The van der Waals surface area contributed by atoms with Crippen LogP contribution in [0.25, 0.3) is 0 Å². The van der Waals surface area contributed by atoms with E-state index in [1.165, 1.54) is 27.0 Å². The van der Waals surface area contributed by atoms with Crippen molar-refractivity contribution in [2.45, 2.75) is 12.2 Å². The zero-order valence-corrected chi connectivity index (χ0v) is 18.6. The Morgan fingerprint density at radius 2 is 0.929 bits per heavy atom. The van der Waals surface area contributed by atoms with Gasteiger partial charge in [0, 0.05) is 0 Å². The van der Waals surface area contributed by atoms with E-state index in [1.54, 1.807) is 0 Å². The van der Waals surface area contributed by atoms with Crippen LogP contribution in [0.2, 0.25) is 0 Å². The van der Waals surface area contributed by atoms with E-state index in [9.17, 15) is 0 Å². The molecule has 0 heterocycles. The van der Waals surface area contributed by atoms with Gasteiger partial charge in [-0.25, -0.2) is 0 Å². The fourth-order valence-electron chi connectivity index (χ4n) is 3.44. The van der Waals surface area contributed by atoms with Crippen molar-refractivity contribution in [1.29, 1.82) is 0 Å². The summed E-state index contributed by atoms with van der Waals surface area (Å²) >= 11 is 0.409. The summed E-state index contributed by atoms with van der Waals surface area (Å²) in [4.78, 5) is 0. The van der Waals surface area contributed by atoms with E-state index in [-0.39, 0.29) is 0 Å². The van der Waals surface area contributed by atoms with E-state index in [0.29, 0.717) is 14.5 Å². The number of rotatable bonds is 6. The van der Waals surface area contributed by atoms with Gasteiger partial charge in [0.2, 0.25) is 0 Å². The van der Waals surface area contributed by atoms with Gasteiger partial charge in [0.25, 0.3) is 0 Å². The quantitative estimate of drug-likeness (QED) is 0.285. The standard InChI is InChI=1S/C26H24PSe/c1-22-17-19-23(20-18-22)21-28-27(24-11-5-2-6-12-24,25-13-7-3-8-14-25)26-15-9-4-10-16-26/h2-20H,21H2,1H3/q+1. The summed E-state index contributed by atoms with van der Waals surface area (Å²) in [7, 11) is 0. The number of aryl methyl sites for hydroxylation is 1. The Bertz CT molecular complexity index is 900. The molecule has 4 aromatic rings. The van der Waals surface area contributed by atoms with Crippen molar-refractivity contribution < 1.29 is 0 Å². The van der Waals surface area contributed by atoms with Crippen LogP contribution in [0.4, 0.5) is 0 Å². The molecule has 0 amide bonds. The van der Waals surface area contributed by atoms with Gasteiger partial charge in [-0.15, -0.1) is 0 Å². The van der Waals surface area contributed by atoms with Crippen molar-refractivity contribution in [3.8, 4) is 0 Å². The van der Waals surface area contributed by atoms with Gasteiger partial charge < -0.3 is 0 Å². The molecule has 138 valence electrons. The molecule has 0 atom stereocenters. The minimum atomic E-state index is -1.67. The molecule has 0 unspecified atom stereocenters. The maximum absolute atomic E-state index is 2.34. The molecule has 4 aromatic carbocycles. The SMILES string of the molecule is Cc1ccc(C[Se][P+](c2ccccc2)(c2ccccc2)c2ccccc2)cc1. The number of hydrogen-bond donors (Lipinski definition) is 0. The number of hydrogen-bond acceptors (Lipinski definition) is 0. The predicted molar refractivity (Wildman–Crippen MR) is 126 cm³/mol. The Balaban J connectivity index is 1.86. The predicted octanol–water partition coefficient (Wildman–Crippen LogP) is 5.11. The molecular formula is C26H24PSe+. The van der Waals surface area contributed by atoms with Crippen LogP contribution in [-0.4, -0.2) is 14.5 Å². The molecule has 0 aliphatic carbocycles. The third kappa shape index (κ3) is 3.98. The van der Waals surface area contributed by atoms with Crippen LogP contribution in [0.3, 0.4) is 0 Å². The molecule has 0 aromatic heterocycles. The Kier molecular flexibility index (Phi) is 6.08. The van der Waals surface area contributed by atoms with Crippen molar-refractivity contribution in [2.24, 2.45) is 0 Å². The van der Waals surface area contributed by atoms with Gasteiger partial charge in [-0.1, -0.05) is 0 Å². The molecule has 0 aliphatic rings. The van der Waals surface area contributed by atoms with Crippen LogP contribution in [-0.2, 0) is 5.32 Å². The van der Waals surface area contributed by atoms with E-state index < -0.39 is 5.95 Å². The monoisotopic (exact) mass is 447 g/mol. The molecule has 0 radical (unpaired) electrons. The van der Waals surface area contributed by atoms with Gasteiger partial charge in [-0.2, -0.15) is 0 Å². The van der Waals surface area contributed by atoms with Crippen molar-refractivity contribution in [2.75, 3.05) is 0 Å². The third-order valence-electron chi connectivity index (χ3n) is 4.90. The van der Waals surface area contributed by atoms with E-state index in [0.717, 1.165) is 5.32 Å². The first-order chi connectivity index (χ1) is 13.8. The van der Waals surface area contributed by atoms with Gasteiger partial charge in [0.15, 0.2) is 0 Å². The molecule has 28 heavy (non-hydrogen) atoms. The van der Waals surface area contributed by atoms with Gasteiger partial charge in [-0.05, 0) is 0 Å². The van der Waals surface area contributed by atoms with Crippen LogP contribution >= 0.6 is 5.95 Å². The van der Waals surface area contributed by atoms with E-state index >= 15 is 0 Å². The molecule has 0 nitrogen and oxygen atoms in total. The molecule has 0 aliphatic heterocycles. The second-order valence-corrected chi connectivity index (χ2v) is 15.6. The molecule has 0 spiro atoms. The first kappa shape index (κ1) is 19.2. The van der Waals surface area contributed by atoms with Crippen LogP contribution in [0.5, 0.6) is 0 Å². The average Bonchev–Trinajstić information content (AvgIpc) is 2.78. The first-order valence-corrected chi connectivity index (χ1v) is 14.8. The Labute approximate surface area is 174 Å². The van der Waals surface area contributed by atoms with Crippen LogP contribution < -0.4 is 15.9 Å². The molecule has 0 saturated heterocycles. The summed E-state index contributed by atoms with van der Waals surface area (Å²) in [5, 5.41) is 5.60. The minimum absolute atomic E-state index is 0.409. The summed E-state index contributed by atoms with van der Waals surface area (Å²) in [6.07, 6.45) is 0. The second kappa shape index (κ2) is 8.89. The average molecular weight is 446 g/mol. The molecule has 0 fully saturated rings. The fourth-order valence-corrected chi connectivity index (χ4v) is 14.6. The van der Waals surface area contributed by atoms with Crippen LogP contribution in [0.1, 0.15) is 11.1 Å². The normalized spacial score (nSPS) is 11.3. The fraction of sp³-hybridized carbons (Fsp3) is 0.0769. The molecule has 4 rings (SSSR count). The summed E-state index contributed by atoms with van der Waals surface area (Å²) in [6, 6.07) is 42.6. The van der Waals surface area contributed by atoms with Crippen LogP contribution in [0, 0.1) is 6.92 Å². The van der Waals surface area contributed by atoms with Gasteiger partial charge >= 0.3 is 175 Å². The molecule has 0 N–H and O–H groups in total. The first-order valence-electron chi connectivity index (χ1n) is 9.55. The maximum atomic E-state index is 2.34. The summed E-state index contributed by atoms with van der Waals surface area (Å²) in [6.45, 7) is 2.16. The van der Waals surface area contributed by atoms with Crippen molar-refractivity contribution in [1.82, 2.24) is 0 Å². The van der Waals surface area contributed by atoms with Crippen molar-refractivity contribution in [3.63, 3.8) is 0 Å². The molecule has 0 bridgehead atoms. The van der Waals surface area contributed by atoms with E-state index in [2.05, 4.69) is 122 Å². The van der Waals surface area contributed by atoms with Gasteiger partial charge in [0.05, 0.1) is 0 Å². The molecular weight excluding hydrogens is 422 g/mol. The summed E-state index contributed by atoms with van der Waals surface area (Å²) in [5.74, 6) is -1.67. The zero-order valence-electron chi connectivity index (χ0n) is 16.0. The second-order valence-electron chi connectivity index (χ2n) is 6.87. The topological polar surface area (TPSA) is 0 Å². The Hall–Kier alpha value is -2.17. The third-order valence-corrected chi connectivity index (χ3v) is 16.4. The van der Waals surface area contributed by atoms with Gasteiger partial charge in [0.1, 0.15) is 0 Å². The Morgan fingerprint density at radius 3 is 1.32 bits per heavy atom. The van der Waals surface area contributed by atoms with Gasteiger partial charge in [-0.3, -0.25) is 0 Å². The zero-order chi connectivity index (χ0) is 19.2. The molecule has 2 heteroatoms.